The number of anilines is 1. The molecule has 2 aromatic carbocycles. The van der Waals surface area contributed by atoms with Gasteiger partial charge in [-0.3, -0.25) is 0 Å². The summed E-state index contributed by atoms with van der Waals surface area (Å²) in [4.78, 5) is 21.5. The number of carbonyl (C=O) groups is 1. The number of benzene rings is 2. The van der Waals surface area contributed by atoms with Crippen LogP contribution in [0.5, 0.6) is 0 Å². The van der Waals surface area contributed by atoms with Crippen molar-refractivity contribution in [1.29, 1.82) is 0 Å². The maximum absolute atomic E-state index is 12.6. The minimum Gasteiger partial charge on any atom is -0.338 e. The number of aromatic nitrogens is 4. The van der Waals surface area contributed by atoms with Crippen molar-refractivity contribution in [2.75, 3.05) is 18.0 Å². The van der Waals surface area contributed by atoms with Gasteiger partial charge in [0.2, 0.25) is 0 Å². The van der Waals surface area contributed by atoms with E-state index in [4.69, 9.17) is 16.4 Å². The van der Waals surface area contributed by atoms with Gasteiger partial charge in [-0.25, -0.2) is 4.79 Å². The van der Waals surface area contributed by atoms with Crippen molar-refractivity contribution in [3.8, 4) is 0 Å². The second-order valence-electron chi connectivity index (χ2n) is 9.06. The van der Waals surface area contributed by atoms with Gasteiger partial charge in [0, 0.05) is 23.7 Å². The molecular weight excluding hydrogens is 440 g/mol. The first-order valence-corrected chi connectivity index (χ1v) is 11.3. The van der Waals surface area contributed by atoms with Gasteiger partial charge in [0.1, 0.15) is 12.3 Å². The predicted octanol–water partition coefficient (Wildman–Crippen LogP) is 4.49. The molecule has 1 fully saturated rings. The van der Waals surface area contributed by atoms with Gasteiger partial charge >= 0.3 is 5.97 Å². The number of hydrogen-bond acceptors (Lipinski definition) is 7. The second-order valence-corrected chi connectivity index (χ2v) is 9.50. The zero-order valence-electron chi connectivity index (χ0n) is 19.0. The molecule has 4 rings (SSSR count). The minimum atomic E-state index is -0.536. The van der Waals surface area contributed by atoms with Crippen molar-refractivity contribution < 1.29 is 9.63 Å². The van der Waals surface area contributed by atoms with Gasteiger partial charge in [-0.15, -0.1) is 5.10 Å². The molecule has 0 aliphatic carbocycles. The second kappa shape index (κ2) is 9.70. The van der Waals surface area contributed by atoms with Crippen LogP contribution < -0.4 is 4.90 Å². The van der Waals surface area contributed by atoms with E-state index in [9.17, 15) is 4.79 Å². The Balaban J connectivity index is 1.53. The van der Waals surface area contributed by atoms with E-state index in [-0.39, 0.29) is 12.0 Å². The third-order valence-corrected chi connectivity index (χ3v) is 5.78. The SMILES string of the molecule is CC(C)(C)c1ccc(C(=O)ON=C(Cn2nnc(N3CCCC3)n2)c2ccc(Cl)cc2)cc1. The highest BCUT2D eigenvalue weighted by molar-refractivity contribution is 6.30. The van der Waals surface area contributed by atoms with Crippen LogP contribution in [-0.2, 0) is 16.8 Å². The maximum atomic E-state index is 12.6. The quantitative estimate of drug-likeness (QED) is 0.302. The molecule has 1 aliphatic heterocycles. The third kappa shape index (κ3) is 5.76. The third-order valence-electron chi connectivity index (χ3n) is 5.53. The first-order valence-electron chi connectivity index (χ1n) is 11.0. The molecule has 9 heteroatoms. The lowest BCUT2D eigenvalue weighted by Crippen LogP contribution is -2.20. The largest absolute Gasteiger partial charge is 0.365 e. The average molecular weight is 467 g/mol. The Hall–Kier alpha value is -3.26. The fourth-order valence-electron chi connectivity index (χ4n) is 3.55. The Morgan fingerprint density at radius 1 is 1.03 bits per heavy atom. The topological polar surface area (TPSA) is 85.5 Å². The number of halogens is 1. The van der Waals surface area contributed by atoms with Crippen molar-refractivity contribution in [2.24, 2.45) is 5.16 Å². The number of tetrazole rings is 1. The van der Waals surface area contributed by atoms with E-state index in [2.05, 4.69) is 46.2 Å². The normalized spacial score (nSPS) is 14.5. The summed E-state index contributed by atoms with van der Waals surface area (Å²) in [5.74, 6) is 0.0603. The summed E-state index contributed by atoms with van der Waals surface area (Å²) in [7, 11) is 0. The number of hydrogen-bond donors (Lipinski definition) is 0. The summed E-state index contributed by atoms with van der Waals surface area (Å²) >= 11 is 6.03. The maximum Gasteiger partial charge on any atom is 0.365 e. The van der Waals surface area contributed by atoms with Crippen LogP contribution >= 0.6 is 11.6 Å². The van der Waals surface area contributed by atoms with Gasteiger partial charge in [-0.1, -0.05) is 66.9 Å². The first-order chi connectivity index (χ1) is 15.8. The lowest BCUT2D eigenvalue weighted by atomic mass is 9.87. The molecule has 0 atom stereocenters. The number of carbonyl (C=O) groups excluding carboxylic acids is 1. The van der Waals surface area contributed by atoms with Gasteiger partial charge in [-0.2, -0.15) is 4.80 Å². The van der Waals surface area contributed by atoms with Crippen LogP contribution in [0, 0.1) is 0 Å². The Morgan fingerprint density at radius 3 is 2.30 bits per heavy atom. The molecule has 0 bridgehead atoms. The van der Waals surface area contributed by atoms with Crippen LogP contribution in [0.2, 0.25) is 5.02 Å². The molecule has 0 unspecified atom stereocenters. The highest BCUT2D eigenvalue weighted by atomic mass is 35.5. The zero-order valence-corrected chi connectivity index (χ0v) is 19.8. The molecule has 172 valence electrons. The number of oxime groups is 1. The van der Waals surface area contributed by atoms with E-state index in [1.807, 2.05) is 24.3 Å². The van der Waals surface area contributed by atoms with Crippen molar-refractivity contribution in [2.45, 2.75) is 45.6 Å². The van der Waals surface area contributed by atoms with Crippen molar-refractivity contribution in [1.82, 2.24) is 20.2 Å². The van der Waals surface area contributed by atoms with Crippen LogP contribution in [0.4, 0.5) is 5.95 Å². The van der Waals surface area contributed by atoms with Gasteiger partial charge in [0.05, 0.1) is 5.56 Å². The molecule has 1 aromatic heterocycles. The van der Waals surface area contributed by atoms with Gasteiger partial charge < -0.3 is 9.74 Å². The molecule has 0 amide bonds. The van der Waals surface area contributed by atoms with E-state index < -0.39 is 5.97 Å². The molecule has 1 saturated heterocycles. The summed E-state index contributed by atoms with van der Waals surface area (Å²) in [6.45, 7) is 8.41. The Kier molecular flexibility index (Phi) is 6.74. The summed E-state index contributed by atoms with van der Waals surface area (Å²) in [6, 6.07) is 14.5. The lowest BCUT2D eigenvalue weighted by molar-refractivity contribution is 0.0515. The minimum absolute atomic E-state index is 0.00105. The fourth-order valence-corrected chi connectivity index (χ4v) is 3.68. The van der Waals surface area contributed by atoms with Gasteiger partial charge in [0.15, 0.2) is 0 Å². The van der Waals surface area contributed by atoms with Gasteiger partial charge in [-0.05, 0) is 53.3 Å². The molecule has 33 heavy (non-hydrogen) atoms. The summed E-state index contributed by atoms with van der Waals surface area (Å²) in [5.41, 5.74) is 2.79. The molecule has 0 radical (unpaired) electrons. The van der Waals surface area contributed by atoms with Crippen LogP contribution in [0.15, 0.2) is 53.7 Å². The van der Waals surface area contributed by atoms with E-state index in [1.165, 1.54) is 4.80 Å². The highest BCUT2D eigenvalue weighted by Crippen LogP contribution is 2.22. The predicted molar refractivity (Wildman–Crippen MR) is 128 cm³/mol. The summed E-state index contributed by atoms with van der Waals surface area (Å²) < 4.78 is 0. The average Bonchev–Trinajstić information content (AvgIpc) is 3.48. The molecule has 0 spiro atoms. The first kappa shape index (κ1) is 22.9. The molecule has 0 N–H and O–H groups in total. The Labute approximate surface area is 198 Å². The monoisotopic (exact) mass is 466 g/mol. The van der Waals surface area contributed by atoms with E-state index in [0.717, 1.165) is 37.1 Å². The van der Waals surface area contributed by atoms with E-state index in [0.29, 0.717) is 22.2 Å². The summed E-state index contributed by atoms with van der Waals surface area (Å²) in [5, 5.41) is 17.5. The molecule has 2 heterocycles. The molecule has 0 saturated carbocycles. The molecule has 8 nitrogen and oxygen atoms in total. The fraction of sp³-hybridized carbons (Fsp3) is 0.375. The van der Waals surface area contributed by atoms with Crippen LogP contribution in [0.25, 0.3) is 0 Å². The zero-order chi connectivity index (χ0) is 23.4. The van der Waals surface area contributed by atoms with Crippen LogP contribution in [0.3, 0.4) is 0 Å². The molecule has 3 aromatic rings. The highest BCUT2D eigenvalue weighted by Gasteiger charge is 2.19. The van der Waals surface area contributed by atoms with Crippen LogP contribution in [-0.4, -0.2) is 45.0 Å². The smallest absolute Gasteiger partial charge is 0.338 e. The van der Waals surface area contributed by atoms with E-state index in [1.54, 1.807) is 24.3 Å². The number of nitrogens with zero attached hydrogens (tertiary/aromatic N) is 6. The molecule has 1 aliphatic rings. The lowest BCUT2D eigenvalue weighted by Gasteiger charge is -2.18. The van der Waals surface area contributed by atoms with E-state index >= 15 is 0 Å². The van der Waals surface area contributed by atoms with Crippen molar-refractivity contribution >= 4 is 29.2 Å². The van der Waals surface area contributed by atoms with Crippen molar-refractivity contribution in [3.63, 3.8) is 0 Å². The number of rotatable bonds is 6. The standard InChI is InChI=1S/C24H27ClN6O2/c1-24(2,3)19-10-6-18(7-11-19)22(32)33-28-21(17-8-12-20(25)13-9-17)16-31-27-23(26-29-31)30-14-4-5-15-30/h6-13H,4-5,14-16H2,1-3H3. The Bertz CT molecular complexity index is 1130. The molecular formula is C24H27ClN6O2. The van der Waals surface area contributed by atoms with Crippen molar-refractivity contribution in [3.05, 3.63) is 70.2 Å². The van der Waals surface area contributed by atoms with Gasteiger partial charge in [0.25, 0.3) is 5.95 Å². The Morgan fingerprint density at radius 2 is 1.67 bits per heavy atom. The van der Waals surface area contributed by atoms with Crippen LogP contribution in [0.1, 0.15) is 55.1 Å². The summed E-state index contributed by atoms with van der Waals surface area (Å²) in [6.07, 6.45) is 2.25.